The minimum Gasteiger partial charge on any atom is -0.0683 e. The van der Waals surface area contributed by atoms with Crippen LogP contribution in [0.15, 0.2) is 364 Å². The van der Waals surface area contributed by atoms with Crippen molar-refractivity contribution in [3.8, 4) is 22.3 Å². The Morgan fingerprint density at radius 3 is 0.819 bits per heavy atom. The van der Waals surface area contributed by atoms with Gasteiger partial charge in [-0.1, -0.05) is 552 Å². The monoisotopic (exact) mass is 1620 g/mol. The molecule has 1 unspecified atom stereocenters. The largest absolute Gasteiger partial charge is 0.0683 e. The van der Waals surface area contributed by atoms with Gasteiger partial charge in [0.2, 0.25) is 0 Å². The molecule has 14 aromatic carbocycles. The van der Waals surface area contributed by atoms with Crippen molar-refractivity contribution in [1.82, 2.24) is 0 Å². The second-order valence-corrected chi connectivity index (χ2v) is 30.9. The van der Waals surface area contributed by atoms with Gasteiger partial charge in [0.25, 0.3) is 0 Å². The molecule has 0 amide bonds. The highest BCUT2D eigenvalue weighted by Crippen LogP contribution is 2.47. The number of hydrogen-bond donors (Lipinski definition) is 0. The molecule has 0 aliphatic rings. The third kappa shape index (κ3) is 35.6. The van der Waals surface area contributed by atoms with Crippen LogP contribution in [0.2, 0.25) is 0 Å². The summed E-state index contributed by atoms with van der Waals surface area (Å²) in [5.41, 5.74) is 10.9. The van der Waals surface area contributed by atoms with Crippen molar-refractivity contribution < 1.29 is 0 Å². The molecule has 14 aromatic rings. The molecular formula is C112H152P4. The molecule has 4 heteroatoms. The average molecular weight is 1620 g/mol. The Morgan fingerprint density at radius 1 is 0.164 bits per heavy atom. The first kappa shape index (κ1) is 109. The Balaban J connectivity index is 0. The molecule has 1 atom stereocenters. The molecule has 0 spiro atoms. The molecule has 0 N–H and O–H groups in total. The zero-order valence-corrected chi connectivity index (χ0v) is 80.8. The van der Waals surface area contributed by atoms with Crippen LogP contribution in [0.3, 0.4) is 0 Å². The van der Waals surface area contributed by atoms with Gasteiger partial charge in [-0.25, -0.2) is 0 Å². The van der Waals surface area contributed by atoms with Gasteiger partial charge < -0.3 is 0 Å². The van der Waals surface area contributed by atoms with Crippen LogP contribution in [0, 0.1) is 0 Å². The third-order valence-electron chi connectivity index (χ3n) is 16.3. The number of rotatable bonds is 18. The first-order valence-corrected chi connectivity index (χ1v) is 50.5. The van der Waals surface area contributed by atoms with Crippen LogP contribution in [-0.2, 0) is 24.6 Å². The van der Waals surface area contributed by atoms with Crippen molar-refractivity contribution in [2.24, 2.45) is 0 Å². The van der Waals surface area contributed by atoms with Crippen LogP contribution < -0.4 is 42.4 Å². The van der Waals surface area contributed by atoms with Crippen molar-refractivity contribution in [3.63, 3.8) is 0 Å². The molecule has 0 bridgehead atoms. The minimum absolute atomic E-state index is 0.519. The second-order valence-electron chi connectivity index (χ2n) is 22.1. The van der Waals surface area contributed by atoms with Gasteiger partial charge in [0, 0.05) is 24.6 Å². The molecule has 0 fully saturated rings. The van der Waals surface area contributed by atoms with E-state index in [1.165, 1.54) is 108 Å². The molecule has 0 heterocycles. The van der Waals surface area contributed by atoms with Crippen molar-refractivity contribution in [1.29, 1.82) is 0 Å². The zero-order valence-electron chi connectivity index (χ0n) is 77.3. The molecule has 0 aliphatic heterocycles. The number of fused-ring (bicyclic) bond motifs is 2. The summed E-state index contributed by atoms with van der Waals surface area (Å²) in [6, 6.07) is 134. The molecule has 0 aromatic heterocycles. The van der Waals surface area contributed by atoms with E-state index >= 15 is 0 Å². The van der Waals surface area contributed by atoms with E-state index in [9.17, 15) is 0 Å². The molecule has 0 radical (unpaired) electrons. The second kappa shape index (κ2) is 72.8. The molecule has 116 heavy (non-hydrogen) atoms. The third-order valence-corrected chi connectivity index (χ3v) is 26.4. The predicted octanol–water partition coefficient (Wildman–Crippen LogP) is 33.9. The lowest BCUT2D eigenvalue weighted by Crippen LogP contribution is -2.14. The zero-order chi connectivity index (χ0) is 87.1. The Bertz CT molecular complexity index is 4370. The summed E-state index contributed by atoms with van der Waals surface area (Å²) < 4.78 is 0. The summed E-state index contributed by atoms with van der Waals surface area (Å²) in [5.74, 6) is 0. The van der Waals surface area contributed by atoms with Gasteiger partial charge in [-0.2, -0.15) is 0 Å². The van der Waals surface area contributed by atoms with Crippen LogP contribution in [0.4, 0.5) is 0 Å². The van der Waals surface area contributed by atoms with Crippen LogP contribution in [0.1, 0.15) is 216 Å². The fraction of sp³-hybridized carbons (Fsp3) is 0.286. The van der Waals surface area contributed by atoms with Crippen LogP contribution >= 0.6 is 31.7 Å². The van der Waals surface area contributed by atoms with E-state index < -0.39 is 31.7 Å². The smallest absolute Gasteiger partial charge is 0.00138 e. The van der Waals surface area contributed by atoms with Gasteiger partial charge in [0.15, 0.2) is 0 Å². The number of hydrogen-bond acceptors (Lipinski definition) is 0. The van der Waals surface area contributed by atoms with Crippen LogP contribution in [0.25, 0.3) is 43.8 Å². The Hall–Kier alpha value is -8.68. The fourth-order valence-electron chi connectivity index (χ4n) is 12.1. The molecule has 0 saturated heterocycles. The minimum atomic E-state index is -0.611. The highest BCUT2D eigenvalue weighted by Gasteiger charge is 2.23. The van der Waals surface area contributed by atoms with E-state index in [1.54, 1.807) is 0 Å². The van der Waals surface area contributed by atoms with Gasteiger partial charge >= 0.3 is 0 Å². The van der Waals surface area contributed by atoms with Crippen molar-refractivity contribution in [2.45, 2.75) is 219 Å². The quantitative estimate of drug-likeness (QED) is 0.0751. The summed E-state index contributed by atoms with van der Waals surface area (Å²) in [4.78, 5) is 0. The summed E-state index contributed by atoms with van der Waals surface area (Å²) in [6.07, 6.45) is 4.02. The highest BCUT2D eigenvalue weighted by atomic mass is 31.1. The van der Waals surface area contributed by atoms with E-state index in [4.69, 9.17) is 0 Å². The standard InChI is InChI=1S/C46H36P2.C38H32P2.14C2H6/c1-5-19-39(20-6-1)47(40-21-7-2-8-22-40)33-35-31-37-18-14-15-27-43(37)45(32-35)46-38(30-29-36-17-13-16-28-44(36)46)34-48(41-23-9-3-10-24-41)42-25-11-4-12-26-42;1-5-16-31(17-6-1)29-39(34-20-7-2-8-21-34)37-26-15-19-32(28-37)38-27-14-13-18-33(38)30-40(35-22-9-3-10-23-35)36-24-11-4-12-25-36;14*1-2/h1-32H,33-34H2;1-28H,29-30H2;14*1-2H3. The van der Waals surface area contributed by atoms with E-state index in [-0.39, 0.29) is 0 Å². The van der Waals surface area contributed by atoms with Gasteiger partial charge in [0.1, 0.15) is 0 Å². The van der Waals surface area contributed by atoms with Crippen molar-refractivity contribution >= 4 is 95.7 Å². The molecular weight excluding hydrogens is 1470 g/mol. The molecule has 0 nitrogen and oxygen atoms in total. The Kier molecular flexibility index (Phi) is 68.6. The van der Waals surface area contributed by atoms with Crippen molar-refractivity contribution in [2.75, 3.05) is 0 Å². The lowest BCUT2D eigenvalue weighted by Gasteiger charge is -2.23. The Labute approximate surface area is 717 Å². The average Bonchev–Trinajstić information content (AvgIpc) is 0.754. The SMILES string of the molecule is CC.CC.CC.CC.CC.CC.CC.CC.CC.CC.CC.CC.CC.CC.c1ccc(CP(c2ccccc2)c2cccc(-c3ccccc3CP(c3ccccc3)c3ccccc3)c2)cc1.c1ccc(P(Cc2cc(-c3c(CP(c4ccccc4)c4ccccc4)ccc4ccccc34)c3ccccc3c2)c2ccccc2)cc1. The highest BCUT2D eigenvalue weighted by molar-refractivity contribution is 7.73. The van der Waals surface area contributed by atoms with Gasteiger partial charge in [-0.3, -0.25) is 0 Å². The van der Waals surface area contributed by atoms with Gasteiger partial charge in [-0.05, 0) is 146 Å². The maximum absolute atomic E-state index is 2.52. The van der Waals surface area contributed by atoms with Crippen molar-refractivity contribution in [3.05, 3.63) is 386 Å². The van der Waals surface area contributed by atoms with Gasteiger partial charge in [-0.15, -0.1) is 0 Å². The van der Waals surface area contributed by atoms with E-state index in [1.807, 2.05) is 194 Å². The van der Waals surface area contributed by atoms with Gasteiger partial charge in [0.05, 0.1) is 0 Å². The lowest BCUT2D eigenvalue weighted by molar-refractivity contribution is 1.39. The summed E-state index contributed by atoms with van der Waals surface area (Å²) in [5, 5.41) is 16.5. The topological polar surface area (TPSA) is 0 Å². The molecule has 0 saturated carbocycles. The maximum Gasteiger partial charge on any atom is 0.00138 e. The maximum atomic E-state index is 2.52. The van der Waals surface area contributed by atoms with E-state index in [0.717, 1.165) is 24.6 Å². The summed E-state index contributed by atoms with van der Waals surface area (Å²) >= 11 is 0. The molecule has 14 rings (SSSR count). The first-order valence-electron chi connectivity index (χ1n) is 44.4. The normalized spacial score (nSPS) is 9.54. The Morgan fingerprint density at radius 2 is 0.440 bits per heavy atom. The van der Waals surface area contributed by atoms with Crippen LogP contribution in [0.5, 0.6) is 0 Å². The van der Waals surface area contributed by atoms with E-state index in [2.05, 4.69) is 364 Å². The molecule has 620 valence electrons. The predicted molar refractivity (Wildman–Crippen MR) is 549 cm³/mol. The fourth-order valence-corrected chi connectivity index (χ4v) is 21.4. The molecule has 0 aliphatic carbocycles. The van der Waals surface area contributed by atoms with Crippen LogP contribution in [-0.4, -0.2) is 0 Å². The van der Waals surface area contributed by atoms with E-state index in [0.29, 0.717) is 0 Å². The lowest BCUT2D eigenvalue weighted by atomic mass is 9.89. The number of benzene rings is 14. The summed E-state index contributed by atoms with van der Waals surface area (Å²) in [7, 11) is -2.24. The first-order chi connectivity index (χ1) is 57.7. The summed E-state index contributed by atoms with van der Waals surface area (Å²) in [6.45, 7) is 56.0.